The molecule has 0 aliphatic carbocycles. The molecule has 3 aliphatic rings. The molecule has 8 nitrogen and oxygen atoms in total. The van der Waals surface area contributed by atoms with E-state index < -0.39 is 15.9 Å². The lowest BCUT2D eigenvalue weighted by Crippen LogP contribution is -2.47. The lowest BCUT2D eigenvalue weighted by molar-refractivity contribution is 0.0257. The molecule has 6 rings (SSSR count). The molecule has 4 heterocycles. The molecule has 2 fully saturated rings. The fourth-order valence-electron chi connectivity index (χ4n) is 5.76. The summed E-state index contributed by atoms with van der Waals surface area (Å²) >= 11 is 0. The van der Waals surface area contributed by atoms with Crippen LogP contribution in [0.25, 0.3) is 10.9 Å². The molecule has 0 atom stereocenters. The zero-order valence-corrected chi connectivity index (χ0v) is 22.5. The molecule has 3 aromatic rings. The van der Waals surface area contributed by atoms with Crippen LogP contribution >= 0.6 is 0 Å². The second kappa shape index (κ2) is 9.39. The first-order valence-electron chi connectivity index (χ1n) is 13.0. The van der Waals surface area contributed by atoms with Gasteiger partial charge in [-0.2, -0.15) is 4.31 Å². The van der Waals surface area contributed by atoms with Crippen molar-refractivity contribution in [3.8, 4) is 0 Å². The number of piperazine rings is 1. The minimum absolute atomic E-state index is 0.148. The minimum atomic E-state index is -3.57. The van der Waals surface area contributed by atoms with Crippen LogP contribution in [0, 0.1) is 6.92 Å². The van der Waals surface area contributed by atoms with E-state index in [1.165, 1.54) is 6.33 Å². The van der Waals surface area contributed by atoms with Crippen molar-refractivity contribution in [3.63, 3.8) is 0 Å². The van der Waals surface area contributed by atoms with Gasteiger partial charge < -0.3 is 14.7 Å². The highest BCUT2D eigenvalue weighted by Crippen LogP contribution is 2.36. The highest BCUT2D eigenvalue weighted by atomic mass is 32.2. The molecule has 0 radical (unpaired) electrons. The van der Waals surface area contributed by atoms with E-state index >= 15 is 0 Å². The summed E-state index contributed by atoms with van der Waals surface area (Å²) in [5.41, 5.74) is 4.55. The number of anilines is 2. The van der Waals surface area contributed by atoms with E-state index in [1.54, 1.807) is 15.3 Å². The van der Waals surface area contributed by atoms with Gasteiger partial charge in [-0.1, -0.05) is 6.07 Å². The van der Waals surface area contributed by atoms with Gasteiger partial charge in [-0.05, 0) is 61.3 Å². The summed E-state index contributed by atoms with van der Waals surface area (Å²) in [6.45, 7) is 5.60. The Morgan fingerprint density at radius 3 is 2.45 bits per heavy atom. The van der Waals surface area contributed by atoms with Crippen molar-refractivity contribution in [2.75, 3.05) is 62.7 Å². The summed E-state index contributed by atoms with van der Waals surface area (Å²) in [6, 6.07) is 9.30. The summed E-state index contributed by atoms with van der Waals surface area (Å²) in [7, 11) is -1.57. The lowest BCUT2D eigenvalue weighted by atomic mass is 9.99. The largest absolute Gasteiger partial charge is 0.365 e. The fraction of sp³-hybridized carbons (Fsp3) is 0.481. The molecular formula is C27H32F2N6O2S. The van der Waals surface area contributed by atoms with Crippen molar-refractivity contribution >= 4 is 32.4 Å². The summed E-state index contributed by atoms with van der Waals surface area (Å²) in [5, 5.41) is 0.822. The number of sulfonamides is 1. The van der Waals surface area contributed by atoms with E-state index in [-0.39, 0.29) is 13.0 Å². The second-order valence-electron chi connectivity index (χ2n) is 10.7. The average molecular weight is 543 g/mol. The molecule has 11 heteroatoms. The summed E-state index contributed by atoms with van der Waals surface area (Å²) in [5.74, 6) is -1.94. The number of halogens is 2. The highest BCUT2D eigenvalue weighted by Gasteiger charge is 2.38. The number of aryl methyl sites for hydroxylation is 1. The van der Waals surface area contributed by atoms with Gasteiger partial charge in [-0.25, -0.2) is 27.2 Å². The van der Waals surface area contributed by atoms with Gasteiger partial charge >= 0.3 is 0 Å². The molecule has 2 aromatic carbocycles. The Morgan fingerprint density at radius 1 is 0.921 bits per heavy atom. The predicted octanol–water partition coefficient (Wildman–Crippen LogP) is 3.28. The van der Waals surface area contributed by atoms with Gasteiger partial charge in [0.05, 0.1) is 17.0 Å². The van der Waals surface area contributed by atoms with Crippen LogP contribution in [-0.4, -0.2) is 86.4 Å². The number of aromatic nitrogens is 2. The van der Waals surface area contributed by atoms with Gasteiger partial charge in [0.25, 0.3) is 5.92 Å². The Kier molecular flexibility index (Phi) is 6.27. The maximum atomic E-state index is 13.9. The number of nitrogens with zero attached hydrogens (tertiary/aromatic N) is 6. The van der Waals surface area contributed by atoms with Gasteiger partial charge in [-0.15, -0.1) is 0 Å². The number of benzene rings is 2. The Labute approximate surface area is 221 Å². The summed E-state index contributed by atoms with van der Waals surface area (Å²) in [4.78, 5) is 15.4. The molecule has 0 saturated carbocycles. The van der Waals surface area contributed by atoms with Crippen LogP contribution in [-0.2, 0) is 23.0 Å². The first kappa shape index (κ1) is 25.4. The van der Waals surface area contributed by atoms with Crippen molar-refractivity contribution in [1.82, 2.24) is 19.2 Å². The molecule has 1 aromatic heterocycles. The number of fused-ring (bicyclic) bond motifs is 2. The number of likely N-dealkylation sites (N-methyl/N-ethyl adjacent to an activating group) is 1. The topological polar surface area (TPSA) is 72.9 Å². The van der Waals surface area contributed by atoms with Crippen molar-refractivity contribution in [3.05, 3.63) is 53.3 Å². The Morgan fingerprint density at radius 2 is 1.71 bits per heavy atom. The Bertz CT molecular complexity index is 1490. The highest BCUT2D eigenvalue weighted by molar-refractivity contribution is 7.89. The number of hydrogen-bond acceptors (Lipinski definition) is 7. The summed E-state index contributed by atoms with van der Waals surface area (Å²) in [6.07, 6.45) is 2.15. The van der Waals surface area contributed by atoms with E-state index in [2.05, 4.69) is 19.8 Å². The second-order valence-corrected chi connectivity index (χ2v) is 12.6. The van der Waals surface area contributed by atoms with Crippen LogP contribution in [0.15, 0.2) is 41.6 Å². The maximum absolute atomic E-state index is 13.9. The molecule has 0 amide bonds. The zero-order valence-electron chi connectivity index (χ0n) is 21.7. The fourth-order valence-corrected chi connectivity index (χ4v) is 7.23. The van der Waals surface area contributed by atoms with Crippen LogP contribution in [0.1, 0.15) is 23.1 Å². The molecule has 38 heavy (non-hydrogen) atoms. The van der Waals surface area contributed by atoms with Gasteiger partial charge in [0, 0.05) is 63.3 Å². The van der Waals surface area contributed by atoms with Crippen molar-refractivity contribution in [2.45, 2.75) is 37.1 Å². The van der Waals surface area contributed by atoms with E-state index in [1.807, 2.05) is 38.2 Å². The van der Waals surface area contributed by atoms with Crippen molar-refractivity contribution in [2.24, 2.45) is 0 Å². The summed E-state index contributed by atoms with van der Waals surface area (Å²) < 4.78 is 56.2. The molecule has 0 N–H and O–H groups in total. The maximum Gasteiger partial charge on any atom is 0.266 e. The van der Waals surface area contributed by atoms with E-state index in [0.717, 1.165) is 58.6 Å². The van der Waals surface area contributed by atoms with Crippen LogP contribution in [0.3, 0.4) is 0 Å². The van der Waals surface area contributed by atoms with Gasteiger partial charge in [0.15, 0.2) is 0 Å². The third-order valence-electron chi connectivity index (χ3n) is 8.02. The van der Waals surface area contributed by atoms with Gasteiger partial charge in [-0.3, -0.25) is 0 Å². The number of rotatable bonds is 4. The standard InChI is InChI=1S/C27H32F2N6O2S/c1-19-13-22(34-8-6-27(28,29)17-34)15-24-25(19)30-18-31-26(24)33-7-5-20-3-4-23(14-21(20)16-33)38(36,37)35-11-9-32(2)10-12-35/h3-4,13-15,18H,5-12,16-17H2,1-2H3. The van der Waals surface area contributed by atoms with Gasteiger partial charge in [0.1, 0.15) is 12.1 Å². The number of alkyl halides is 2. The van der Waals surface area contributed by atoms with Gasteiger partial charge in [0.2, 0.25) is 10.0 Å². The van der Waals surface area contributed by atoms with Crippen LogP contribution < -0.4 is 9.80 Å². The zero-order chi connectivity index (χ0) is 26.7. The smallest absolute Gasteiger partial charge is 0.266 e. The van der Waals surface area contributed by atoms with Crippen molar-refractivity contribution < 1.29 is 17.2 Å². The van der Waals surface area contributed by atoms with Crippen LogP contribution in [0.2, 0.25) is 0 Å². The third kappa shape index (κ3) is 4.60. The van der Waals surface area contributed by atoms with E-state index in [4.69, 9.17) is 0 Å². The molecule has 3 aliphatic heterocycles. The monoisotopic (exact) mass is 542 g/mol. The van der Waals surface area contributed by atoms with Crippen LogP contribution in [0.5, 0.6) is 0 Å². The normalized spacial score (nSPS) is 20.7. The first-order valence-corrected chi connectivity index (χ1v) is 14.5. The molecular weight excluding hydrogens is 510 g/mol. The van der Waals surface area contributed by atoms with Crippen LogP contribution in [0.4, 0.5) is 20.3 Å². The molecule has 2 saturated heterocycles. The molecule has 0 unspecified atom stereocenters. The Balaban J connectivity index is 1.32. The third-order valence-corrected chi connectivity index (χ3v) is 9.91. The SMILES string of the molecule is Cc1cc(N2CCC(F)(F)C2)cc2c(N3CCc4ccc(S(=O)(=O)N5CCN(C)CC5)cc4C3)ncnc12. The quantitative estimate of drug-likeness (QED) is 0.501. The first-order chi connectivity index (χ1) is 18.1. The average Bonchev–Trinajstić information content (AvgIpc) is 3.27. The minimum Gasteiger partial charge on any atom is -0.365 e. The van der Waals surface area contributed by atoms with E-state index in [0.29, 0.717) is 37.6 Å². The van der Waals surface area contributed by atoms with E-state index in [9.17, 15) is 17.2 Å². The van der Waals surface area contributed by atoms with Crippen molar-refractivity contribution in [1.29, 1.82) is 0 Å². The predicted molar refractivity (Wildman–Crippen MR) is 144 cm³/mol. The molecule has 0 spiro atoms. The Hall–Kier alpha value is -2.89. The molecule has 0 bridgehead atoms. The molecule has 202 valence electrons. The lowest BCUT2D eigenvalue weighted by Gasteiger charge is -2.33. The number of hydrogen-bond donors (Lipinski definition) is 0.